The van der Waals surface area contributed by atoms with Crippen LogP contribution in [0.5, 0.6) is 0 Å². The molecule has 0 amide bonds. The van der Waals surface area contributed by atoms with E-state index in [-0.39, 0.29) is 0 Å². The van der Waals surface area contributed by atoms with Gasteiger partial charge in [0.05, 0.1) is 6.61 Å². The van der Waals surface area contributed by atoms with Crippen molar-refractivity contribution in [1.29, 1.82) is 0 Å². The Morgan fingerprint density at radius 3 is 2.79 bits per heavy atom. The molecule has 1 fully saturated rings. The Bertz CT molecular complexity index is 325. The van der Waals surface area contributed by atoms with Crippen LogP contribution in [0.1, 0.15) is 0 Å². The van der Waals surface area contributed by atoms with E-state index in [0.29, 0.717) is 11.6 Å². The van der Waals surface area contributed by atoms with Crippen molar-refractivity contribution in [3.63, 3.8) is 0 Å². The summed E-state index contributed by atoms with van der Waals surface area (Å²) in [7, 11) is 0. The molecule has 0 bridgehead atoms. The first-order valence-corrected chi connectivity index (χ1v) is 4.78. The van der Waals surface area contributed by atoms with E-state index >= 15 is 0 Å². The highest BCUT2D eigenvalue weighted by Crippen LogP contribution is 2.22. The minimum atomic E-state index is -0.448. The van der Waals surface area contributed by atoms with Crippen LogP contribution in [0.25, 0.3) is 0 Å². The first kappa shape index (κ1) is 9.49. The maximum Gasteiger partial charge on any atom is 0.186 e. The van der Waals surface area contributed by atoms with E-state index in [4.69, 9.17) is 16.3 Å². The van der Waals surface area contributed by atoms with Crippen molar-refractivity contribution in [3.8, 4) is 0 Å². The number of ether oxygens (including phenoxy) is 1. The summed E-state index contributed by atoms with van der Waals surface area (Å²) in [5.74, 6) is 0. The number of halogens is 1. The molecule has 0 aromatic heterocycles. The summed E-state index contributed by atoms with van der Waals surface area (Å²) in [6.45, 7) is 1.33. The second kappa shape index (κ2) is 3.98. The predicted molar refractivity (Wildman–Crippen MR) is 54.6 cm³/mol. The Labute approximate surface area is 87.2 Å². The third-order valence-electron chi connectivity index (χ3n) is 2.20. The van der Waals surface area contributed by atoms with Crippen LogP contribution < -0.4 is 4.90 Å². The summed E-state index contributed by atoms with van der Waals surface area (Å²) >= 11 is 5.77. The topological polar surface area (TPSA) is 29.5 Å². The molecular weight excluding hydrogens is 202 g/mol. The standard InChI is InChI=1S/C10H10ClNO2/c11-8-1-3-9(4-2-8)12-5-6-14-10(12)7-13/h1-4,7,10H,5-6H2. The number of anilines is 1. The second-order valence-electron chi connectivity index (χ2n) is 3.07. The zero-order valence-corrected chi connectivity index (χ0v) is 8.28. The average Bonchev–Trinajstić information content (AvgIpc) is 2.67. The van der Waals surface area contributed by atoms with Gasteiger partial charge in [0.15, 0.2) is 12.5 Å². The van der Waals surface area contributed by atoms with Gasteiger partial charge in [-0.15, -0.1) is 0 Å². The molecule has 1 aliphatic heterocycles. The van der Waals surface area contributed by atoms with Crippen molar-refractivity contribution < 1.29 is 9.53 Å². The van der Waals surface area contributed by atoms with E-state index in [0.717, 1.165) is 18.5 Å². The lowest BCUT2D eigenvalue weighted by Gasteiger charge is -2.20. The lowest BCUT2D eigenvalue weighted by atomic mass is 10.3. The van der Waals surface area contributed by atoms with Gasteiger partial charge in [-0.2, -0.15) is 0 Å². The van der Waals surface area contributed by atoms with Crippen LogP contribution in [0.3, 0.4) is 0 Å². The van der Waals surface area contributed by atoms with Crippen molar-refractivity contribution in [2.24, 2.45) is 0 Å². The summed E-state index contributed by atoms with van der Waals surface area (Å²) in [5, 5.41) is 0.691. The predicted octanol–water partition coefficient (Wildman–Crippen LogP) is 1.70. The molecular formula is C10H10ClNO2. The summed E-state index contributed by atoms with van der Waals surface area (Å²) in [6.07, 6.45) is 0.359. The Kier molecular flexibility index (Phi) is 2.70. The lowest BCUT2D eigenvalue weighted by molar-refractivity contribution is -0.115. The van der Waals surface area contributed by atoms with Gasteiger partial charge in [0.2, 0.25) is 0 Å². The Hall–Kier alpha value is -1.06. The van der Waals surface area contributed by atoms with Crippen LogP contribution in [-0.4, -0.2) is 25.7 Å². The monoisotopic (exact) mass is 211 g/mol. The number of hydrogen-bond donors (Lipinski definition) is 0. The van der Waals surface area contributed by atoms with Crippen LogP contribution in [0.2, 0.25) is 5.02 Å². The molecule has 3 nitrogen and oxygen atoms in total. The van der Waals surface area contributed by atoms with Crippen LogP contribution in [0.15, 0.2) is 24.3 Å². The Morgan fingerprint density at radius 2 is 2.14 bits per heavy atom. The zero-order valence-electron chi connectivity index (χ0n) is 7.52. The lowest BCUT2D eigenvalue weighted by Crippen LogP contribution is -2.30. The third kappa shape index (κ3) is 1.74. The molecule has 74 valence electrons. The third-order valence-corrected chi connectivity index (χ3v) is 2.45. The summed E-state index contributed by atoms with van der Waals surface area (Å²) in [5.41, 5.74) is 0.962. The molecule has 0 radical (unpaired) electrons. The fourth-order valence-electron chi connectivity index (χ4n) is 1.51. The molecule has 4 heteroatoms. The van der Waals surface area contributed by atoms with Crippen molar-refractivity contribution in [2.45, 2.75) is 6.23 Å². The molecule has 1 atom stereocenters. The number of nitrogens with zero attached hydrogens (tertiary/aromatic N) is 1. The van der Waals surface area contributed by atoms with Gasteiger partial charge in [0.25, 0.3) is 0 Å². The molecule has 0 N–H and O–H groups in total. The maximum atomic E-state index is 10.7. The van der Waals surface area contributed by atoms with E-state index in [9.17, 15) is 4.79 Å². The van der Waals surface area contributed by atoms with E-state index < -0.39 is 6.23 Å². The highest BCUT2D eigenvalue weighted by atomic mass is 35.5. The van der Waals surface area contributed by atoms with E-state index in [1.54, 1.807) is 12.1 Å². The molecule has 1 saturated heterocycles. The molecule has 1 aromatic carbocycles. The van der Waals surface area contributed by atoms with Gasteiger partial charge in [-0.3, -0.25) is 4.79 Å². The fourth-order valence-corrected chi connectivity index (χ4v) is 1.64. The van der Waals surface area contributed by atoms with E-state index in [2.05, 4.69) is 0 Å². The molecule has 0 spiro atoms. The van der Waals surface area contributed by atoms with E-state index in [1.165, 1.54) is 0 Å². The van der Waals surface area contributed by atoms with Crippen molar-refractivity contribution >= 4 is 23.6 Å². The van der Waals surface area contributed by atoms with Crippen molar-refractivity contribution in [1.82, 2.24) is 0 Å². The highest BCUT2D eigenvalue weighted by molar-refractivity contribution is 6.30. The largest absolute Gasteiger partial charge is 0.349 e. The second-order valence-corrected chi connectivity index (χ2v) is 3.50. The number of hydrogen-bond acceptors (Lipinski definition) is 3. The van der Waals surface area contributed by atoms with Crippen molar-refractivity contribution in [3.05, 3.63) is 29.3 Å². The zero-order chi connectivity index (χ0) is 9.97. The minimum absolute atomic E-state index is 0.448. The summed E-state index contributed by atoms with van der Waals surface area (Å²) in [6, 6.07) is 7.37. The highest BCUT2D eigenvalue weighted by Gasteiger charge is 2.24. The number of carbonyl (C=O) groups excluding carboxylic acids is 1. The Morgan fingerprint density at radius 1 is 1.43 bits per heavy atom. The maximum absolute atomic E-state index is 10.7. The van der Waals surface area contributed by atoms with Crippen molar-refractivity contribution in [2.75, 3.05) is 18.1 Å². The molecule has 1 heterocycles. The number of aldehydes is 1. The van der Waals surface area contributed by atoms with Gasteiger partial charge in [-0.1, -0.05) is 11.6 Å². The number of carbonyl (C=O) groups is 1. The first-order valence-electron chi connectivity index (χ1n) is 4.40. The van der Waals surface area contributed by atoms with Crippen LogP contribution in [0.4, 0.5) is 5.69 Å². The average molecular weight is 212 g/mol. The van der Waals surface area contributed by atoms with Gasteiger partial charge in [-0.05, 0) is 24.3 Å². The molecule has 2 rings (SSSR count). The molecule has 1 aliphatic rings. The molecule has 1 aromatic rings. The van der Waals surface area contributed by atoms with Gasteiger partial charge in [0, 0.05) is 17.3 Å². The summed E-state index contributed by atoms with van der Waals surface area (Å²) in [4.78, 5) is 12.6. The smallest absolute Gasteiger partial charge is 0.186 e. The van der Waals surface area contributed by atoms with Crippen LogP contribution >= 0.6 is 11.6 Å². The van der Waals surface area contributed by atoms with Gasteiger partial charge < -0.3 is 9.64 Å². The number of benzene rings is 1. The quantitative estimate of drug-likeness (QED) is 0.698. The Balaban J connectivity index is 2.21. The minimum Gasteiger partial charge on any atom is -0.349 e. The van der Waals surface area contributed by atoms with Gasteiger partial charge >= 0.3 is 0 Å². The molecule has 1 unspecified atom stereocenters. The number of rotatable bonds is 2. The molecule has 0 aliphatic carbocycles. The van der Waals surface area contributed by atoms with Crippen LogP contribution in [0, 0.1) is 0 Å². The van der Waals surface area contributed by atoms with Gasteiger partial charge in [0.1, 0.15) is 0 Å². The SMILES string of the molecule is O=CC1OCCN1c1ccc(Cl)cc1. The van der Waals surface area contributed by atoms with Gasteiger partial charge in [-0.25, -0.2) is 0 Å². The normalized spacial score (nSPS) is 21.2. The van der Waals surface area contributed by atoms with Crippen LogP contribution in [-0.2, 0) is 9.53 Å². The molecule has 0 saturated carbocycles. The first-order chi connectivity index (χ1) is 6.81. The fraction of sp³-hybridized carbons (Fsp3) is 0.300. The summed E-state index contributed by atoms with van der Waals surface area (Å²) < 4.78 is 5.22. The molecule has 14 heavy (non-hydrogen) atoms. The van der Waals surface area contributed by atoms with E-state index in [1.807, 2.05) is 17.0 Å².